The van der Waals surface area contributed by atoms with Gasteiger partial charge in [-0.1, -0.05) is 26.2 Å². The van der Waals surface area contributed by atoms with Gasteiger partial charge in [-0.3, -0.25) is 4.79 Å². The van der Waals surface area contributed by atoms with Gasteiger partial charge in [-0.2, -0.15) is 0 Å². The van der Waals surface area contributed by atoms with Crippen LogP contribution in [0, 0.1) is 5.92 Å². The van der Waals surface area contributed by atoms with Crippen LogP contribution in [0.2, 0.25) is 0 Å². The number of carbonyl (C=O) groups excluding carboxylic acids is 1. The van der Waals surface area contributed by atoms with Crippen molar-refractivity contribution in [3.63, 3.8) is 0 Å². The van der Waals surface area contributed by atoms with E-state index in [9.17, 15) is 9.59 Å². The maximum absolute atomic E-state index is 11.5. The van der Waals surface area contributed by atoms with Gasteiger partial charge in [0.2, 0.25) is 0 Å². The van der Waals surface area contributed by atoms with Gasteiger partial charge in [-0.15, -0.1) is 0 Å². The smallest absolute Gasteiger partial charge is 0.314 e. The van der Waals surface area contributed by atoms with Crippen molar-refractivity contribution in [3.8, 4) is 0 Å². The number of ether oxygens (including phenoxy) is 1. The quantitative estimate of drug-likeness (QED) is 0.563. The predicted octanol–water partition coefficient (Wildman–Crippen LogP) is 1.75. The summed E-state index contributed by atoms with van der Waals surface area (Å²) in [5, 5.41) is 14.1. The molecule has 1 aliphatic carbocycles. The molecule has 1 atom stereocenters. The Morgan fingerprint density at radius 1 is 1.30 bits per heavy atom. The second kappa shape index (κ2) is 9.58. The largest absolute Gasteiger partial charge is 0.481 e. The summed E-state index contributed by atoms with van der Waals surface area (Å²) < 4.78 is 5.63. The molecule has 0 aromatic carbocycles. The molecule has 0 saturated heterocycles. The van der Waals surface area contributed by atoms with Gasteiger partial charge in [0.05, 0.1) is 12.7 Å². The van der Waals surface area contributed by atoms with E-state index in [1.54, 1.807) is 0 Å². The summed E-state index contributed by atoms with van der Waals surface area (Å²) in [4.78, 5) is 22.1. The lowest BCUT2D eigenvalue weighted by Gasteiger charge is -2.15. The summed E-state index contributed by atoms with van der Waals surface area (Å²) in [5.41, 5.74) is 0. The Hall–Kier alpha value is -1.30. The predicted molar refractivity (Wildman–Crippen MR) is 75.6 cm³/mol. The lowest BCUT2D eigenvalue weighted by Crippen LogP contribution is -2.40. The van der Waals surface area contributed by atoms with Gasteiger partial charge in [0.25, 0.3) is 0 Å². The maximum atomic E-state index is 11.5. The van der Waals surface area contributed by atoms with E-state index < -0.39 is 5.97 Å². The minimum absolute atomic E-state index is 0.0204. The van der Waals surface area contributed by atoms with E-state index in [0.717, 1.165) is 19.3 Å². The Morgan fingerprint density at radius 3 is 2.60 bits per heavy atom. The molecule has 6 nitrogen and oxygen atoms in total. The average molecular weight is 286 g/mol. The van der Waals surface area contributed by atoms with Crippen LogP contribution in [0.3, 0.4) is 0 Å². The van der Waals surface area contributed by atoms with Crippen LogP contribution in [-0.2, 0) is 9.53 Å². The third-order valence-corrected chi connectivity index (χ3v) is 3.64. The molecular weight excluding hydrogens is 260 g/mol. The van der Waals surface area contributed by atoms with Crippen molar-refractivity contribution < 1.29 is 19.4 Å². The molecule has 0 radical (unpaired) electrons. The number of nitrogens with one attached hydrogen (secondary N) is 2. The number of amides is 2. The molecule has 1 fully saturated rings. The van der Waals surface area contributed by atoms with Crippen LogP contribution in [0.5, 0.6) is 0 Å². The third-order valence-electron chi connectivity index (χ3n) is 3.64. The molecule has 116 valence electrons. The standard InChI is InChI=1S/C14H26N2O4/c1-2-11(9-13(17)18)10-16-14(19)15-7-8-20-12-5-3-4-6-12/h11-12H,2-10H2,1H3,(H,17,18)(H2,15,16,19). The maximum Gasteiger partial charge on any atom is 0.314 e. The number of aliphatic carboxylic acids is 1. The molecule has 0 aromatic heterocycles. The van der Waals surface area contributed by atoms with Crippen LogP contribution in [0.15, 0.2) is 0 Å². The molecule has 0 aromatic rings. The van der Waals surface area contributed by atoms with Gasteiger partial charge >= 0.3 is 12.0 Å². The summed E-state index contributed by atoms with van der Waals surface area (Å²) in [6.07, 6.45) is 5.90. The van der Waals surface area contributed by atoms with Gasteiger partial charge in [0.15, 0.2) is 0 Å². The van der Waals surface area contributed by atoms with Crippen LogP contribution in [-0.4, -0.2) is 42.9 Å². The van der Waals surface area contributed by atoms with E-state index in [1.807, 2.05) is 6.92 Å². The molecule has 1 saturated carbocycles. The second-order valence-electron chi connectivity index (χ2n) is 5.29. The average Bonchev–Trinajstić information content (AvgIpc) is 2.92. The molecular formula is C14H26N2O4. The zero-order valence-corrected chi connectivity index (χ0v) is 12.2. The summed E-state index contributed by atoms with van der Waals surface area (Å²) in [6.45, 7) is 3.32. The fraction of sp³-hybridized carbons (Fsp3) is 0.857. The van der Waals surface area contributed by atoms with Gasteiger partial charge in [-0.05, 0) is 18.8 Å². The molecule has 1 aliphatic rings. The Bertz CT molecular complexity index is 304. The highest BCUT2D eigenvalue weighted by atomic mass is 16.5. The summed E-state index contributed by atoms with van der Waals surface area (Å²) in [5.74, 6) is -0.850. The molecule has 3 N–H and O–H groups in total. The summed E-state index contributed by atoms with van der Waals surface area (Å²) >= 11 is 0. The first-order valence-corrected chi connectivity index (χ1v) is 7.47. The highest BCUT2D eigenvalue weighted by Gasteiger charge is 2.15. The van der Waals surface area contributed by atoms with Crippen LogP contribution < -0.4 is 10.6 Å². The molecule has 2 amide bonds. The number of rotatable bonds is 9. The number of hydrogen-bond donors (Lipinski definition) is 3. The van der Waals surface area contributed by atoms with Crippen molar-refractivity contribution in [1.29, 1.82) is 0 Å². The minimum Gasteiger partial charge on any atom is -0.481 e. The van der Waals surface area contributed by atoms with E-state index in [4.69, 9.17) is 9.84 Å². The van der Waals surface area contributed by atoms with Crippen molar-refractivity contribution in [2.45, 2.75) is 51.6 Å². The van der Waals surface area contributed by atoms with E-state index in [1.165, 1.54) is 12.8 Å². The molecule has 6 heteroatoms. The summed E-state index contributed by atoms with van der Waals surface area (Å²) in [7, 11) is 0. The number of carbonyl (C=O) groups is 2. The van der Waals surface area contributed by atoms with Crippen LogP contribution in [0.25, 0.3) is 0 Å². The third kappa shape index (κ3) is 7.33. The van der Waals surface area contributed by atoms with Gasteiger partial charge in [-0.25, -0.2) is 4.79 Å². The minimum atomic E-state index is -0.830. The molecule has 1 unspecified atom stereocenters. The Morgan fingerprint density at radius 2 is 2.00 bits per heavy atom. The van der Waals surface area contributed by atoms with Crippen LogP contribution in [0.4, 0.5) is 4.79 Å². The van der Waals surface area contributed by atoms with E-state index in [2.05, 4.69) is 10.6 Å². The molecule has 0 heterocycles. The number of urea groups is 1. The lowest BCUT2D eigenvalue weighted by molar-refractivity contribution is -0.138. The Kier molecular flexibility index (Phi) is 8.02. The van der Waals surface area contributed by atoms with Crippen molar-refractivity contribution in [3.05, 3.63) is 0 Å². The highest BCUT2D eigenvalue weighted by molar-refractivity contribution is 5.74. The molecule has 0 aliphatic heterocycles. The zero-order valence-electron chi connectivity index (χ0n) is 12.2. The number of hydrogen-bond acceptors (Lipinski definition) is 3. The zero-order chi connectivity index (χ0) is 14.8. The SMILES string of the molecule is CCC(CNC(=O)NCCOC1CCCC1)CC(=O)O. The Balaban J connectivity index is 2.02. The monoisotopic (exact) mass is 286 g/mol. The fourth-order valence-corrected chi connectivity index (χ4v) is 2.35. The summed E-state index contributed by atoms with van der Waals surface area (Å²) in [6, 6.07) is -0.260. The van der Waals surface area contributed by atoms with Crippen LogP contribution in [0.1, 0.15) is 45.4 Å². The second-order valence-corrected chi connectivity index (χ2v) is 5.29. The van der Waals surface area contributed by atoms with E-state index in [0.29, 0.717) is 25.8 Å². The topological polar surface area (TPSA) is 87.7 Å². The van der Waals surface area contributed by atoms with Crippen molar-refractivity contribution >= 4 is 12.0 Å². The molecule has 1 rings (SSSR count). The first-order chi connectivity index (χ1) is 9.61. The fourth-order valence-electron chi connectivity index (χ4n) is 2.35. The van der Waals surface area contributed by atoms with E-state index in [-0.39, 0.29) is 18.4 Å². The van der Waals surface area contributed by atoms with Gasteiger partial charge in [0.1, 0.15) is 0 Å². The molecule has 20 heavy (non-hydrogen) atoms. The Labute approximate surface area is 120 Å². The molecule has 0 bridgehead atoms. The first kappa shape index (κ1) is 16.8. The normalized spacial score (nSPS) is 16.9. The van der Waals surface area contributed by atoms with E-state index >= 15 is 0 Å². The van der Waals surface area contributed by atoms with Gasteiger partial charge in [0, 0.05) is 19.5 Å². The van der Waals surface area contributed by atoms with Crippen molar-refractivity contribution in [2.24, 2.45) is 5.92 Å². The number of carboxylic acids is 1. The highest BCUT2D eigenvalue weighted by Crippen LogP contribution is 2.20. The van der Waals surface area contributed by atoms with Gasteiger partial charge < -0.3 is 20.5 Å². The van der Waals surface area contributed by atoms with Crippen LogP contribution >= 0.6 is 0 Å². The number of carboxylic acid groups (broad SMARTS) is 1. The lowest BCUT2D eigenvalue weighted by atomic mass is 10.0. The van der Waals surface area contributed by atoms with Crippen molar-refractivity contribution in [1.82, 2.24) is 10.6 Å². The molecule has 0 spiro atoms. The van der Waals surface area contributed by atoms with Crippen molar-refractivity contribution in [2.75, 3.05) is 19.7 Å². The first-order valence-electron chi connectivity index (χ1n) is 7.47.